The Morgan fingerprint density at radius 1 is 1.10 bits per heavy atom. The lowest BCUT2D eigenvalue weighted by Crippen LogP contribution is -2.49. The van der Waals surface area contributed by atoms with Crippen LogP contribution in [0, 0.1) is 6.92 Å². The predicted molar refractivity (Wildman–Crippen MR) is 110 cm³/mol. The van der Waals surface area contributed by atoms with Crippen molar-refractivity contribution in [2.75, 3.05) is 26.2 Å². The summed E-state index contributed by atoms with van der Waals surface area (Å²) in [5.41, 5.74) is 2.39. The smallest absolute Gasteiger partial charge is 0.255 e. The average molecular weight is 412 g/mol. The molecule has 3 aromatic rings. The summed E-state index contributed by atoms with van der Waals surface area (Å²) in [7, 11) is 0. The van der Waals surface area contributed by atoms with Crippen molar-refractivity contribution in [2.24, 2.45) is 0 Å². The zero-order chi connectivity index (χ0) is 20.4. The number of halogens is 1. The topological polar surface area (TPSA) is 75.4 Å². The van der Waals surface area contributed by atoms with Crippen molar-refractivity contribution >= 4 is 17.5 Å². The van der Waals surface area contributed by atoms with E-state index in [1.165, 1.54) is 0 Å². The summed E-state index contributed by atoms with van der Waals surface area (Å²) in [5, 5.41) is 4.76. The lowest BCUT2D eigenvalue weighted by Gasteiger charge is -2.36. The molecule has 1 atom stereocenters. The number of benzene rings is 1. The standard InChI is InChI=1S/C21H22ClN5O2/c1-14-3-4-17(13-23-14)21(28)27-11-9-26(10-12-27)15(2)20-24-19(25-29-20)16-5-7-18(22)8-6-16/h3-8,13,15H,9-12H2,1-2H3. The second kappa shape index (κ2) is 8.31. The molecule has 1 aliphatic rings. The van der Waals surface area contributed by atoms with Crippen LogP contribution < -0.4 is 0 Å². The molecule has 1 fully saturated rings. The number of pyridine rings is 1. The fourth-order valence-electron chi connectivity index (χ4n) is 3.37. The van der Waals surface area contributed by atoms with E-state index in [9.17, 15) is 4.79 Å². The Bertz CT molecular complexity index is 979. The average Bonchev–Trinajstić information content (AvgIpc) is 3.24. The van der Waals surface area contributed by atoms with Gasteiger partial charge in [-0.05, 0) is 50.2 Å². The molecule has 0 bridgehead atoms. The number of carbonyl (C=O) groups excluding carboxylic acids is 1. The number of hydrogen-bond acceptors (Lipinski definition) is 6. The third-order valence-corrected chi connectivity index (χ3v) is 5.46. The summed E-state index contributed by atoms with van der Waals surface area (Å²) in [4.78, 5) is 25.5. The van der Waals surface area contributed by atoms with Gasteiger partial charge >= 0.3 is 0 Å². The number of aryl methyl sites for hydroxylation is 1. The normalized spacial score (nSPS) is 16.0. The van der Waals surface area contributed by atoms with Gasteiger partial charge in [-0.25, -0.2) is 0 Å². The summed E-state index contributed by atoms with van der Waals surface area (Å²) in [5.74, 6) is 1.13. The number of piperazine rings is 1. The maximum atomic E-state index is 12.7. The molecule has 1 amide bonds. The zero-order valence-corrected chi connectivity index (χ0v) is 17.1. The van der Waals surface area contributed by atoms with Crippen LogP contribution in [-0.2, 0) is 0 Å². The van der Waals surface area contributed by atoms with Gasteiger partial charge in [-0.3, -0.25) is 14.7 Å². The van der Waals surface area contributed by atoms with Gasteiger partial charge in [0.2, 0.25) is 11.7 Å². The van der Waals surface area contributed by atoms with E-state index in [4.69, 9.17) is 16.1 Å². The molecule has 3 heterocycles. The van der Waals surface area contributed by atoms with E-state index in [1.54, 1.807) is 18.3 Å². The quantitative estimate of drug-likeness (QED) is 0.652. The number of aromatic nitrogens is 3. The molecule has 0 saturated carbocycles. The first-order valence-corrected chi connectivity index (χ1v) is 9.94. The highest BCUT2D eigenvalue weighted by Crippen LogP contribution is 2.24. The fourth-order valence-corrected chi connectivity index (χ4v) is 3.49. The summed E-state index contributed by atoms with van der Waals surface area (Å²) < 4.78 is 5.49. The highest BCUT2D eigenvalue weighted by molar-refractivity contribution is 6.30. The van der Waals surface area contributed by atoms with Gasteiger partial charge in [0.1, 0.15) is 0 Å². The molecular formula is C21H22ClN5O2. The van der Waals surface area contributed by atoms with Crippen LogP contribution in [0.3, 0.4) is 0 Å². The molecular weight excluding hydrogens is 390 g/mol. The van der Waals surface area contributed by atoms with Gasteiger partial charge < -0.3 is 9.42 Å². The van der Waals surface area contributed by atoms with Crippen molar-refractivity contribution in [3.63, 3.8) is 0 Å². The Morgan fingerprint density at radius 2 is 1.83 bits per heavy atom. The molecule has 150 valence electrons. The maximum absolute atomic E-state index is 12.7. The molecule has 1 aliphatic heterocycles. The van der Waals surface area contributed by atoms with Gasteiger partial charge in [-0.2, -0.15) is 4.98 Å². The number of rotatable bonds is 4. The minimum atomic E-state index is -0.0261. The molecule has 1 unspecified atom stereocenters. The van der Waals surface area contributed by atoms with E-state index in [0.29, 0.717) is 35.4 Å². The first-order chi connectivity index (χ1) is 14.0. The lowest BCUT2D eigenvalue weighted by molar-refractivity contribution is 0.0551. The van der Waals surface area contributed by atoms with Crippen molar-refractivity contribution in [1.29, 1.82) is 0 Å². The highest BCUT2D eigenvalue weighted by atomic mass is 35.5. The molecule has 1 aromatic carbocycles. The summed E-state index contributed by atoms with van der Waals surface area (Å²) in [6.45, 7) is 6.73. The van der Waals surface area contributed by atoms with Crippen LogP contribution in [0.2, 0.25) is 5.02 Å². The van der Waals surface area contributed by atoms with Crippen LogP contribution >= 0.6 is 11.6 Å². The highest BCUT2D eigenvalue weighted by Gasteiger charge is 2.28. The van der Waals surface area contributed by atoms with Crippen molar-refractivity contribution in [3.8, 4) is 11.4 Å². The minimum absolute atomic E-state index is 0.0209. The summed E-state index contributed by atoms with van der Waals surface area (Å²) in [6.07, 6.45) is 1.64. The Labute approximate surface area is 174 Å². The molecule has 4 rings (SSSR count). The van der Waals surface area contributed by atoms with Crippen LogP contribution in [0.25, 0.3) is 11.4 Å². The van der Waals surface area contributed by atoms with E-state index in [2.05, 4.69) is 20.0 Å². The first kappa shape index (κ1) is 19.5. The second-order valence-electron chi connectivity index (χ2n) is 7.16. The van der Waals surface area contributed by atoms with Crippen molar-refractivity contribution in [3.05, 3.63) is 64.8 Å². The van der Waals surface area contributed by atoms with E-state index in [1.807, 2.05) is 43.0 Å². The Kier molecular flexibility index (Phi) is 5.60. The van der Waals surface area contributed by atoms with Gasteiger partial charge in [0.25, 0.3) is 5.91 Å². The third-order valence-electron chi connectivity index (χ3n) is 5.21. The monoisotopic (exact) mass is 411 g/mol. The number of hydrogen-bond donors (Lipinski definition) is 0. The summed E-state index contributed by atoms with van der Waals surface area (Å²) >= 11 is 5.93. The molecule has 0 aliphatic carbocycles. The minimum Gasteiger partial charge on any atom is -0.337 e. The summed E-state index contributed by atoms with van der Waals surface area (Å²) in [6, 6.07) is 11.0. The third kappa shape index (κ3) is 4.31. The molecule has 0 N–H and O–H groups in total. The SMILES string of the molecule is Cc1ccc(C(=O)N2CCN(C(C)c3nc(-c4ccc(Cl)cc4)no3)CC2)cn1. The molecule has 2 aromatic heterocycles. The Hall–Kier alpha value is -2.77. The Morgan fingerprint density at radius 3 is 2.48 bits per heavy atom. The van der Waals surface area contributed by atoms with Crippen LogP contribution in [0.5, 0.6) is 0 Å². The molecule has 1 saturated heterocycles. The Balaban J connectivity index is 1.38. The van der Waals surface area contributed by atoms with Crippen molar-refractivity contribution in [2.45, 2.75) is 19.9 Å². The van der Waals surface area contributed by atoms with Gasteiger partial charge in [-0.15, -0.1) is 0 Å². The van der Waals surface area contributed by atoms with Crippen LogP contribution in [0.4, 0.5) is 0 Å². The molecule has 7 nitrogen and oxygen atoms in total. The number of nitrogens with zero attached hydrogens (tertiary/aromatic N) is 5. The maximum Gasteiger partial charge on any atom is 0.255 e. The van der Waals surface area contributed by atoms with Gasteiger partial charge in [-0.1, -0.05) is 16.8 Å². The van der Waals surface area contributed by atoms with Gasteiger partial charge in [0.05, 0.1) is 11.6 Å². The van der Waals surface area contributed by atoms with E-state index in [0.717, 1.165) is 24.3 Å². The molecule has 8 heteroatoms. The largest absolute Gasteiger partial charge is 0.337 e. The van der Waals surface area contributed by atoms with Crippen molar-refractivity contribution < 1.29 is 9.32 Å². The number of carbonyl (C=O) groups is 1. The van der Waals surface area contributed by atoms with Crippen LogP contribution in [-0.4, -0.2) is 57.0 Å². The molecule has 0 radical (unpaired) electrons. The van der Waals surface area contributed by atoms with Gasteiger partial charge in [0, 0.05) is 48.7 Å². The number of amides is 1. The van der Waals surface area contributed by atoms with E-state index in [-0.39, 0.29) is 11.9 Å². The predicted octanol–water partition coefficient (Wildman–Crippen LogP) is 3.61. The van der Waals surface area contributed by atoms with Crippen molar-refractivity contribution in [1.82, 2.24) is 24.9 Å². The van der Waals surface area contributed by atoms with Gasteiger partial charge in [0.15, 0.2) is 0 Å². The molecule has 29 heavy (non-hydrogen) atoms. The zero-order valence-electron chi connectivity index (χ0n) is 16.4. The van der Waals surface area contributed by atoms with E-state index < -0.39 is 0 Å². The van der Waals surface area contributed by atoms with Crippen LogP contribution in [0.1, 0.15) is 34.9 Å². The lowest BCUT2D eigenvalue weighted by atomic mass is 10.2. The molecule has 0 spiro atoms. The van der Waals surface area contributed by atoms with E-state index >= 15 is 0 Å². The van der Waals surface area contributed by atoms with Crippen LogP contribution in [0.15, 0.2) is 47.1 Å². The fraction of sp³-hybridized carbons (Fsp3) is 0.333. The first-order valence-electron chi connectivity index (χ1n) is 9.57. The second-order valence-corrected chi connectivity index (χ2v) is 7.59.